The number of hydrogen-bond donors (Lipinski definition) is 1. The topological polar surface area (TPSA) is 35.8 Å². The van der Waals surface area contributed by atoms with Crippen LogP contribution in [0.3, 0.4) is 0 Å². The van der Waals surface area contributed by atoms with Gasteiger partial charge in [0, 0.05) is 0 Å². The van der Waals surface area contributed by atoms with Crippen LogP contribution in [0.1, 0.15) is 18.4 Å². The van der Waals surface area contributed by atoms with Crippen LogP contribution in [-0.2, 0) is 6.42 Å². The number of hydrogen-bond acceptors (Lipinski definition) is 2. The monoisotopic (exact) mass is 244 g/mol. The third-order valence-electron chi connectivity index (χ3n) is 4.72. The molecule has 18 heavy (non-hydrogen) atoms. The van der Waals surface area contributed by atoms with Gasteiger partial charge in [-0.05, 0) is 61.9 Å². The first-order valence-electron chi connectivity index (χ1n) is 6.61. The molecule has 3 heteroatoms. The maximum absolute atomic E-state index is 12.9. The third kappa shape index (κ3) is 1.72. The summed E-state index contributed by atoms with van der Waals surface area (Å²) in [6.45, 7) is 1.90. The van der Waals surface area contributed by atoms with E-state index < -0.39 is 0 Å². The number of halogens is 1. The van der Waals surface area contributed by atoms with Crippen molar-refractivity contribution >= 4 is 0 Å². The van der Waals surface area contributed by atoms with Crippen LogP contribution >= 0.6 is 0 Å². The number of nitrogens with zero attached hydrogens (tertiary/aromatic N) is 1. The Morgan fingerprint density at radius 2 is 1.83 bits per heavy atom. The molecule has 2 aliphatic rings. The molecule has 1 aliphatic carbocycles. The molecular weight excluding hydrogens is 227 g/mol. The van der Waals surface area contributed by atoms with Crippen molar-refractivity contribution in [3.05, 3.63) is 35.6 Å². The number of nitrogens with one attached hydrogen (secondary N) is 1. The number of rotatable bonds is 2. The lowest BCUT2D eigenvalue weighted by atomic mass is 9.67. The van der Waals surface area contributed by atoms with Crippen LogP contribution in [-0.4, -0.2) is 13.1 Å². The van der Waals surface area contributed by atoms with Gasteiger partial charge in [-0.2, -0.15) is 5.26 Å². The van der Waals surface area contributed by atoms with Gasteiger partial charge in [0.15, 0.2) is 0 Å². The summed E-state index contributed by atoms with van der Waals surface area (Å²) < 4.78 is 12.9. The molecule has 0 radical (unpaired) electrons. The summed E-state index contributed by atoms with van der Waals surface area (Å²) in [6, 6.07) is 9.22. The zero-order valence-corrected chi connectivity index (χ0v) is 10.3. The molecule has 1 aromatic carbocycles. The summed E-state index contributed by atoms with van der Waals surface area (Å²) in [5.41, 5.74) is 0.847. The molecule has 2 nitrogen and oxygen atoms in total. The minimum Gasteiger partial charge on any atom is -0.316 e. The van der Waals surface area contributed by atoms with E-state index >= 15 is 0 Å². The van der Waals surface area contributed by atoms with Gasteiger partial charge in [-0.3, -0.25) is 0 Å². The Morgan fingerprint density at radius 1 is 1.22 bits per heavy atom. The average Bonchev–Trinajstić information content (AvgIpc) is 2.58. The van der Waals surface area contributed by atoms with Crippen LogP contribution in [0.15, 0.2) is 24.3 Å². The van der Waals surface area contributed by atoms with Gasteiger partial charge in [0.1, 0.15) is 5.82 Å². The van der Waals surface area contributed by atoms with E-state index in [9.17, 15) is 9.65 Å². The molecule has 1 saturated heterocycles. The molecule has 1 aromatic rings. The minimum atomic E-state index is -0.233. The van der Waals surface area contributed by atoms with E-state index in [4.69, 9.17) is 0 Å². The summed E-state index contributed by atoms with van der Waals surface area (Å²) >= 11 is 0. The van der Waals surface area contributed by atoms with E-state index in [1.807, 2.05) is 12.1 Å². The van der Waals surface area contributed by atoms with Crippen molar-refractivity contribution in [1.29, 1.82) is 5.26 Å². The third-order valence-corrected chi connectivity index (χ3v) is 4.72. The van der Waals surface area contributed by atoms with E-state index in [0.29, 0.717) is 11.8 Å². The van der Waals surface area contributed by atoms with Crippen molar-refractivity contribution in [2.24, 2.45) is 17.3 Å². The Hall–Kier alpha value is -1.40. The van der Waals surface area contributed by atoms with Crippen LogP contribution in [0.5, 0.6) is 0 Å². The first-order chi connectivity index (χ1) is 8.74. The molecule has 0 aromatic heterocycles. The van der Waals surface area contributed by atoms with Gasteiger partial charge in [0.25, 0.3) is 0 Å². The first-order valence-corrected chi connectivity index (χ1v) is 6.61. The minimum absolute atomic E-state index is 0.210. The lowest BCUT2D eigenvalue weighted by molar-refractivity contribution is 0.162. The highest BCUT2D eigenvalue weighted by atomic mass is 19.1. The fourth-order valence-electron chi connectivity index (χ4n) is 3.70. The van der Waals surface area contributed by atoms with Gasteiger partial charge < -0.3 is 5.32 Å². The van der Waals surface area contributed by atoms with E-state index in [2.05, 4.69) is 11.4 Å². The predicted molar refractivity (Wildman–Crippen MR) is 67.2 cm³/mol. The standard InChI is InChI=1S/C15H17FN2/c16-14-5-1-11(2-6-14)7-15(10-17)12-3-4-13(15)9-18-8-12/h1-2,5-6,12-13,18H,3-4,7-9H2/t12-,13+,15?. The Morgan fingerprint density at radius 3 is 2.39 bits per heavy atom. The molecule has 1 saturated carbocycles. The zero-order chi connectivity index (χ0) is 12.6. The average molecular weight is 244 g/mol. The molecule has 3 rings (SSSR count). The molecule has 1 N–H and O–H groups in total. The van der Waals surface area contributed by atoms with Crippen LogP contribution in [0.2, 0.25) is 0 Å². The number of benzene rings is 1. The lowest BCUT2D eigenvalue weighted by Gasteiger charge is -2.38. The predicted octanol–water partition coefficient (Wildman–Crippen LogP) is 2.51. The van der Waals surface area contributed by atoms with Gasteiger partial charge in [0.05, 0.1) is 11.5 Å². The van der Waals surface area contributed by atoms with Crippen LogP contribution < -0.4 is 5.32 Å². The highest BCUT2D eigenvalue weighted by Crippen LogP contribution is 2.51. The highest BCUT2D eigenvalue weighted by molar-refractivity contribution is 5.24. The van der Waals surface area contributed by atoms with E-state index in [1.165, 1.54) is 12.1 Å². The Bertz CT molecular complexity index is 458. The normalized spacial score (nSPS) is 34.2. The summed E-state index contributed by atoms with van der Waals surface area (Å²) in [5.74, 6) is 0.690. The van der Waals surface area contributed by atoms with Gasteiger partial charge in [0.2, 0.25) is 0 Å². The van der Waals surface area contributed by atoms with Crippen LogP contribution in [0, 0.1) is 34.4 Å². The quantitative estimate of drug-likeness (QED) is 0.867. The van der Waals surface area contributed by atoms with E-state index in [1.54, 1.807) is 0 Å². The second kappa shape index (κ2) is 4.37. The largest absolute Gasteiger partial charge is 0.316 e. The van der Waals surface area contributed by atoms with Crippen LogP contribution in [0.4, 0.5) is 4.39 Å². The van der Waals surface area contributed by atoms with Gasteiger partial charge in [-0.15, -0.1) is 0 Å². The number of fused-ring (bicyclic) bond motifs is 2. The number of nitriles is 1. The Kier molecular flexibility index (Phi) is 2.83. The first kappa shape index (κ1) is 11.7. The van der Waals surface area contributed by atoms with Crippen molar-refractivity contribution in [2.45, 2.75) is 19.3 Å². The Balaban J connectivity index is 1.89. The summed E-state index contributed by atoms with van der Waals surface area (Å²) in [6.07, 6.45) is 3.06. The van der Waals surface area contributed by atoms with Gasteiger partial charge in [-0.25, -0.2) is 4.39 Å². The fourth-order valence-corrected chi connectivity index (χ4v) is 3.70. The molecule has 1 unspecified atom stereocenters. The van der Waals surface area contributed by atoms with Crippen molar-refractivity contribution in [1.82, 2.24) is 5.32 Å². The molecule has 1 heterocycles. The lowest BCUT2D eigenvalue weighted by Crippen LogP contribution is -2.47. The van der Waals surface area contributed by atoms with E-state index in [-0.39, 0.29) is 11.2 Å². The van der Waals surface area contributed by atoms with Crippen molar-refractivity contribution in [2.75, 3.05) is 13.1 Å². The zero-order valence-electron chi connectivity index (χ0n) is 10.3. The second-order valence-electron chi connectivity index (χ2n) is 5.58. The SMILES string of the molecule is N#CC1(Cc2ccc(F)cc2)[C@@H]2CC[C@H]1CNC2. The highest BCUT2D eigenvalue weighted by Gasteiger charge is 2.52. The fraction of sp³-hybridized carbons (Fsp3) is 0.533. The molecule has 94 valence electrons. The van der Waals surface area contributed by atoms with Crippen molar-refractivity contribution in [3.8, 4) is 6.07 Å². The summed E-state index contributed by atoms with van der Waals surface area (Å²) in [7, 11) is 0. The van der Waals surface area contributed by atoms with Gasteiger partial charge in [-0.1, -0.05) is 12.1 Å². The molecule has 1 aliphatic heterocycles. The summed E-state index contributed by atoms with van der Waals surface area (Å²) in [5, 5.41) is 13.1. The van der Waals surface area contributed by atoms with E-state index in [0.717, 1.165) is 37.9 Å². The number of piperidine rings is 1. The van der Waals surface area contributed by atoms with Crippen LogP contribution in [0.25, 0.3) is 0 Å². The summed E-state index contributed by atoms with van der Waals surface area (Å²) in [4.78, 5) is 0. The molecule has 2 bridgehead atoms. The molecule has 0 amide bonds. The van der Waals surface area contributed by atoms with Gasteiger partial charge >= 0.3 is 0 Å². The molecule has 2 fully saturated rings. The van der Waals surface area contributed by atoms with Crippen molar-refractivity contribution in [3.63, 3.8) is 0 Å². The molecular formula is C15H17FN2. The smallest absolute Gasteiger partial charge is 0.123 e. The maximum Gasteiger partial charge on any atom is 0.123 e. The second-order valence-corrected chi connectivity index (χ2v) is 5.58. The molecule has 3 atom stereocenters. The Labute approximate surface area is 107 Å². The van der Waals surface area contributed by atoms with Crippen molar-refractivity contribution < 1.29 is 4.39 Å². The maximum atomic E-state index is 12.9. The molecule has 0 spiro atoms.